The predicted octanol–water partition coefficient (Wildman–Crippen LogP) is 5.70. The lowest BCUT2D eigenvalue weighted by atomic mass is 10.0. The molecule has 2 heterocycles. The first-order valence-electron chi connectivity index (χ1n) is 11.9. The second-order valence-electron chi connectivity index (χ2n) is 9.21. The number of carbonyl (C=O) groups excluding carboxylic acids is 1. The molecule has 0 saturated heterocycles. The van der Waals surface area contributed by atoms with Crippen LogP contribution in [0.4, 0.5) is 4.79 Å². The Bertz CT molecular complexity index is 1570. The maximum absolute atomic E-state index is 13.0. The number of benzene rings is 2. The molecule has 188 valence electrons. The summed E-state index contributed by atoms with van der Waals surface area (Å²) in [6, 6.07) is 17.8. The van der Waals surface area contributed by atoms with Crippen LogP contribution in [0, 0.1) is 0 Å². The second kappa shape index (κ2) is 10.1. The van der Waals surface area contributed by atoms with Crippen LogP contribution < -0.4 is 10.7 Å². The molecule has 37 heavy (non-hydrogen) atoms. The number of hydrogen-bond donors (Lipinski definition) is 3. The molecule has 6 rings (SSSR count). The molecule has 0 atom stereocenters. The number of aromatic nitrogens is 2. The van der Waals surface area contributed by atoms with E-state index < -0.39 is 6.16 Å². The minimum atomic E-state index is -1.83. The van der Waals surface area contributed by atoms with Crippen LogP contribution in [0.2, 0.25) is 5.02 Å². The van der Waals surface area contributed by atoms with Crippen LogP contribution in [0.25, 0.3) is 27.8 Å². The van der Waals surface area contributed by atoms with Gasteiger partial charge in [-0.25, -0.2) is 9.78 Å². The van der Waals surface area contributed by atoms with Gasteiger partial charge in [0.05, 0.1) is 5.39 Å². The van der Waals surface area contributed by atoms with Crippen molar-refractivity contribution >= 4 is 34.7 Å². The molecule has 4 aromatic rings. The molecule has 2 aromatic carbocycles. The number of halogens is 1. The summed E-state index contributed by atoms with van der Waals surface area (Å²) < 4.78 is 1.82. The Morgan fingerprint density at radius 3 is 2.38 bits per heavy atom. The standard InChI is InChI=1S/C27H22ClN3O2.CH2O3/c28-24-14-18(8-11-21(24)16-6-7-16)17-3-1-4-20(13-17)31-15-23(27(33)30-19-9-10-19)25(32)22-5-2-12-29-26(22)31;2-1(3)4/h1-5,8,11-16,19H,6-7,9-10H2,(H,30,33);(H2,2,3,4). The molecule has 2 aromatic heterocycles. The van der Waals surface area contributed by atoms with Crippen molar-refractivity contribution in [3.8, 4) is 16.8 Å². The molecule has 2 fully saturated rings. The fourth-order valence-corrected chi connectivity index (χ4v) is 4.61. The summed E-state index contributed by atoms with van der Waals surface area (Å²) in [7, 11) is 0. The first-order chi connectivity index (χ1) is 17.8. The highest BCUT2D eigenvalue weighted by atomic mass is 35.5. The molecule has 0 radical (unpaired) electrons. The molecular weight excluding hydrogens is 494 g/mol. The number of pyridine rings is 2. The van der Waals surface area contributed by atoms with E-state index in [9.17, 15) is 9.59 Å². The Morgan fingerprint density at radius 1 is 0.973 bits per heavy atom. The largest absolute Gasteiger partial charge is 0.503 e. The van der Waals surface area contributed by atoms with Crippen LogP contribution in [0.3, 0.4) is 0 Å². The highest BCUT2D eigenvalue weighted by Gasteiger charge is 2.27. The summed E-state index contributed by atoms with van der Waals surface area (Å²) in [6.45, 7) is 0. The SMILES string of the molecule is O=C(NC1CC1)c1cn(-c2cccc(-c3ccc(C4CC4)c(Cl)c3)c2)c2ncccc2c1=O.O=C(O)O. The maximum Gasteiger partial charge on any atom is 0.503 e. The molecule has 9 heteroatoms. The summed E-state index contributed by atoms with van der Waals surface area (Å²) in [5.74, 6) is 0.261. The van der Waals surface area contributed by atoms with E-state index >= 15 is 0 Å². The van der Waals surface area contributed by atoms with E-state index in [2.05, 4.69) is 22.4 Å². The predicted molar refractivity (Wildman–Crippen MR) is 141 cm³/mol. The second-order valence-corrected chi connectivity index (χ2v) is 9.61. The Labute approximate surface area is 217 Å². The van der Waals surface area contributed by atoms with Gasteiger partial charge >= 0.3 is 6.16 Å². The van der Waals surface area contributed by atoms with E-state index in [1.54, 1.807) is 24.5 Å². The first kappa shape index (κ1) is 24.5. The van der Waals surface area contributed by atoms with Crippen LogP contribution in [-0.2, 0) is 0 Å². The van der Waals surface area contributed by atoms with Crippen molar-refractivity contribution in [1.29, 1.82) is 0 Å². The number of carbonyl (C=O) groups is 2. The average molecular weight is 518 g/mol. The number of carboxylic acid groups (broad SMARTS) is 2. The summed E-state index contributed by atoms with van der Waals surface area (Å²) >= 11 is 6.57. The number of amides is 1. The van der Waals surface area contributed by atoms with Crippen molar-refractivity contribution in [1.82, 2.24) is 14.9 Å². The lowest BCUT2D eigenvalue weighted by Crippen LogP contribution is -2.31. The van der Waals surface area contributed by atoms with Gasteiger partial charge in [-0.2, -0.15) is 0 Å². The van der Waals surface area contributed by atoms with Crippen molar-refractivity contribution in [2.45, 2.75) is 37.6 Å². The van der Waals surface area contributed by atoms with E-state index in [1.807, 2.05) is 34.9 Å². The fourth-order valence-electron chi connectivity index (χ4n) is 4.28. The van der Waals surface area contributed by atoms with Crippen molar-refractivity contribution in [3.05, 3.63) is 93.4 Å². The zero-order valence-electron chi connectivity index (χ0n) is 19.7. The van der Waals surface area contributed by atoms with E-state index in [4.69, 9.17) is 26.6 Å². The van der Waals surface area contributed by atoms with E-state index in [0.717, 1.165) is 34.7 Å². The molecule has 2 aliphatic rings. The van der Waals surface area contributed by atoms with Gasteiger partial charge in [0.15, 0.2) is 0 Å². The van der Waals surface area contributed by atoms with Gasteiger partial charge in [-0.1, -0.05) is 35.9 Å². The molecule has 8 nitrogen and oxygen atoms in total. The molecule has 0 bridgehead atoms. The summed E-state index contributed by atoms with van der Waals surface area (Å²) in [5.41, 5.74) is 4.41. The van der Waals surface area contributed by atoms with Gasteiger partial charge in [0.25, 0.3) is 5.91 Å². The van der Waals surface area contributed by atoms with Gasteiger partial charge in [0.1, 0.15) is 11.2 Å². The molecule has 3 N–H and O–H groups in total. The lowest BCUT2D eigenvalue weighted by molar-refractivity contribution is 0.0949. The molecule has 0 spiro atoms. The van der Waals surface area contributed by atoms with Crippen LogP contribution in [0.5, 0.6) is 0 Å². The van der Waals surface area contributed by atoms with Gasteiger partial charge in [-0.15, -0.1) is 0 Å². The smallest absolute Gasteiger partial charge is 0.450 e. The zero-order valence-corrected chi connectivity index (χ0v) is 20.5. The Hall–Kier alpha value is -4.17. The normalized spacial score (nSPS) is 14.5. The highest BCUT2D eigenvalue weighted by molar-refractivity contribution is 6.31. The van der Waals surface area contributed by atoms with Gasteiger partial charge in [0.2, 0.25) is 5.43 Å². The van der Waals surface area contributed by atoms with Gasteiger partial charge in [-0.05, 0) is 78.6 Å². The minimum Gasteiger partial charge on any atom is -0.450 e. The number of hydrogen-bond acceptors (Lipinski definition) is 4. The molecule has 0 unspecified atom stereocenters. The van der Waals surface area contributed by atoms with Crippen LogP contribution in [0.15, 0.2) is 71.8 Å². The number of nitrogens with zero attached hydrogens (tertiary/aromatic N) is 2. The van der Waals surface area contributed by atoms with Crippen LogP contribution in [-0.4, -0.2) is 37.9 Å². The molecular formula is C28H24ClN3O5. The third-order valence-corrected chi connectivity index (χ3v) is 6.72. The van der Waals surface area contributed by atoms with Crippen molar-refractivity contribution < 1.29 is 19.8 Å². The average Bonchev–Trinajstić information content (AvgIpc) is 3.80. The summed E-state index contributed by atoms with van der Waals surface area (Å²) in [6.07, 6.45) is 5.76. The molecule has 0 aliphatic heterocycles. The Balaban J connectivity index is 0.000000655. The first-order valence-corrected chi connectivity index (χ1v) is 12.3. The zero-order chi connectivity index (χ0) is 26.1. The monoisotopic (exact) mass is 517 g/mol. The number of nitrogens with one attached hydrogen (secondary N) is 1. The van der Waals surface area contributed by atoms with Crippen molar-refractivity contribution in [3.63, 3.8) is 0 Å². The van der Waals surface area contributed by atoms with Gasteiger partial charge in [-0.3, -0.25) is 9.59 Å². The van der Waals surface area contributed by atoms with E-state index in [1.165, 1.54) is 18.4 Å². The van der Waals surface area contributed by atoms with Crippen LogP contribution >= 0.6 is 11.6 Å². The maximum atomic E-state index is 13.0. The quantitative estimate of drug-likeness (QED) is 0.312. The van der Waals surface area contributed by atoms with E-state index in [-0.39, 0.29) is 22.9 Å². The summed E-state index contributed by atoms with van der Waals surface area (Å²) in [4.78, 5) is 38.9. The summed E-state index contributed by atoms with van der Waals surface area (Å²) in [5, 5.41) is 18.1. The highest BCUT2D eigenvalue weighted by Crippen LogP contribution is 2.44. The Morgan fingerprint density at radius 2 is 1.70 bits per heavy atom. The number of rotatable bonds is 5. The van der Waals surface area contributed by atoms with Gasteiger partial charge in [0, 0.05) is 29.1 Å². The Kier molecular flexibility index (Phi) is 6.67. The van der Waals surface area contributed by atoms with Crippen molar-refractivity contribution in [2.75, 3.05) is 0 Å². The topological polar surface area (TPSA) is 122 Å². The van der Waals surface area contributed by atoms with Crippen molar-refractivity contribution in [2.24, 2.45) is 0 Å². The molecule has 1 amide bonds. The molecule has 2 saturated carbocycles. The number of fused-ring (bicyclic) bond motifs is 1. The fraction of sp³-hybridized carbons (Fsp3) is 0.214. The van der Waals surface area contributed by atoms with Gasteiger partial charge < -0.3 is 20.1 Å². The third kappa shape index (κ3) is 5.49. The molecule has 2 aliphatic carbocycles. The van der Waals surface area contributed by atoms with Crippen LogP contribution in [0.1, 0.15) is 47.5 Å². The third-order valence-electron chi connectivity index (χ3n) is 6.39. The van der Waals surface area contributed by atoms with E-state index in [0.29, 0.717) is 17.0 Å². The minimum absolute atomic E-state index is 0.129. The lowest BCUT2D eigenvalue weighted by Gasteiger charge is -2.14.